The number of nitrogen functional groups attached to an aromatic ring is 1. The SMILES string of the molecule is NC(=O)c1cc(Nc2c(F)cc(F)cc2Cl)ncc1N. The van der Waals surface area contributed by atoms with Gasteiger partial charge in [0.25, 0.3) is 5.91 Å². The largest absolute Gasteiger partial charge is 0.397 e. The summed E-state index contributed by atoms with van der Waals surface area (Å²) in [6.07, 6.45) is 1.19. The predicted octanol–water partition coefficient (Wildman–Crippen LogP) is 2.44. The van der Waals surface area contributed by atoms with E-state index in [1.165, 1.54) is 12.3 Å². The third kappa shape index (κ3) is 2.77. The molecular weight excluding hydrogens is 290 g/mol. The van der Waals surface area contributed by atoms with E-state index in [0.717, 1.165) is 6.07 Å². The molecule has 2 aromatic rings. The first kappa shape index (κ1) is 14.0. The van der Waals surface area contributed by atoms with Crippen molar-refractivity contribution in [1.82, 2.24) is 4.98 Å². The fraction of sp³-hybridized carbons (Fsp3) is 0. The molecule has 0 aliphatic rings. The number of amides is 1. The zero-order valence-electron chi connectivity index (χ0n) is 9.95. The Morgan fingerprint density at radius 2 is 2.00 bits per heavy atom. The zero-order chi connectivity index (χ0) is 14.9. The van der Waals surface area contributed by atoms with Crippen LogP contribution in [0.1, 0.15) is 10.4 Å². The molecule has 104 valence electrons. The van der Waals surface area contributed by atoms with Crippen LogP contribution in [0.2, 0.25) is 5.02 Å². The number of carbonyl (C=O) groups excluding carboxylic acids is 1. The molecule has 20 heavy (non-hydrogen) atoms. The van der Waals surface area contributed by atoms with E-state index in [9.17, 15) is 13.6 Å². The van der Waals surface area contributed by atoms with Crippen molar-refractivity contribution in [2.75, 3.05) is 11.1 Å². The van der Waals surface area contributed by atoms with Crippen LogP contribution in [0.5, 0.6) is 0 Å². The number of rotatable bonds is 3. The average molecular weight is 299 g/mol. The topological polar surface area (TPSA) is 94.0 Å². The summed E-state index contributed by atoms with van der Waals surface area (Å²) in [5.41, 5.74) is 10.6. The predicted molar refractivity (Wildman–Crippen MR) is 71.8 cm³/mol. The van der Waals surface area contributed by atoms with Crippen molar-refractivity contribution in [2.24, 2.45) is 5.73 Å². The molecule has 0 fully saturated rings. The maximum absolute atomic E-state index is 13.6. The summed E-state index contributed by atoms with van der Waals surface area (Å²) < 4.78 is 26.5. The molecule has 2 rings (SSSR count). The first-order valence-electron chi connectivity index (χ1n) is 5.35. The molecule has 8 heteroatoms. The lowest BCUT2D eigenvalue weighted by Crippen LogP contribution is -2.14. The van der Waals surface area contributed by atoms with Crippen molar-refractivity contribution in [1.29, 1.82) is 0 Å². The second kappa shape index (κ2) is 5.30. The summed E-state index contributed by atoms with van der Waals surface area (Å²) in [5.74, 6) is -2.35. The summed E-state index contributed by atoms with van der Waals surface area (Å²) in [5, 5.41) is 2.38. The molecular formula is C12H9ClF2N4O. The molecule has 0 unspecified atom stereocenters. The minimum absolute atomic E-state index is 0.0288. The number of hydrogen-bond donors (Lipinski definition) is 3. The van der Waals surface area contributed by atoms with Gasteiger partial charge in [-0.15, -0.1) is 0 Å². The van der Waals surface area contributed by atoms with Crippen molar-refractivity contribution in [3.05, 3.63) is 46.6 Å². The van der Waals surface area contributed by atoms with E-state index < -0.39 is 17.5 Å². The highest BCUT2D eigenvalue weighted by Gasteiger charge is 2.13. The van der Waals surface area contributed by atoms with Crippen LogP contribution in [0.3, 0.4) is 0 Å². The Labute approximate surface area is 117 Å². The molecule has 0 aliphatic carbocycles. The number of nitrogens with two attached hydrogens (primary N) is 2. The normalized spacial score (nSPS) is 10.3. The lowest BCUT2D eigenvalue weighted by Gasteiger charge is -2.10. The third-order valence-corrected chi connectivity index (χ3v) is 2.76. The molecule has 0 saturated heterocycles. The van der Waals surface area contributed by atoms with Gasteiger partial charge in [0.05, 0.1) is 28.2 Å². The van der Waals surface area contributed by atoms with E-state index in [1.807, 2.05) is 0 Å². The highest BCUT2D eigenvalue weighted by molar-refractivity contribution is 6.33. The van der Waals surface area contributed by atoms with Gasteiger partial charge in [-0.05, 0) is 12.1 Å². The van der Waals surface area contributed by atoms with E-state index >= 15 is 0 Å². The third-order valence-electron chi connectivity index (χ3n) is 2.46. The van der Waals surface area contributed by atoms with Gasteiger partial charge in [-0.25, -0.2) is 13.8 Å². The summed E-state index contributed by atoms with van der Waals surface area (Å²) in [6.45, 7) is 0. The number of halogens is 3. The first-order chi connectivity index (χ1) is 9.38. The molecule has 1 aromatic heterocycles. The maximum Gasteiger partial charge on any atom is 0.250 e. The highest BCUT2D eigenvalue weighted by Crippen LogP contribution is 2.29. The summed E-state index contributed by atoms with van der Waals surface area (Å²) in [6, 6.07) is 2.86. The molecule has 0 radical (unpaired) electrons. The van der Waals surface area contributed by atoms with Gasteiger partial charge in [0.15, 0.2) is 5.82 Å². The second-order valence-electron chi connectivity index (χ2n) is 3.89. The molecule has 5 N–H and O–H groups in total. The van der Waals surface area contributed by atoms with Crippen LogP contribution < -0.4 is 16.8 Å². The minimum Gasteiger partial charge on any atom is -0.397 e. The van der Waals surface area contributed by atoms with Gasteiger partial charge in [0.1, 0.15) is 11.6 Å². The number of pyridine rings is 1. The standard InChI is InChI=1S/C12H9ClF2N4O/c13-7-1-5(14)2-8(15)11(7)19-10-3-6(12(17)20)9(16)4-18-10/h1-4H,16H2,(H2,17,20)(H,18,19). The zero-order valence-corrected chi connectivity index (χ0v) is 10.7. The fourth-order valence-corrected chi connectivity index (χ4v) is 1.78. The fourth-order valence-electron chi connectivity index (χ4n) is 1.54. The second-order valence-corrected chi connectivity index (χ2v) is 4.30. The number of benzene rings is 1. The van der Waals surface area contributed by atoms with Crippen molar-refractivity contribution in [3.8, 4) is 0 Å². The van der Waals surface area contributed by atoms with Gasteiger partial charge in [-0.3, -0.25) is 4.79 Å². The van der Waals surface area contributed by atoms with Crippen LogP contribution in [0.15, 0.2) is 24.4 Å². The van der Waals surface area contributed by atoms with Crippen LogP contribution >= 0.6 is 11.6 Å². The lowest BCUT2D eigenvalue weighted by molar-refractivity contribution is 0.100. The van der Waals surface area contributed by atoms with E-state index in [1.54, 1.807) is 0 Å². The molecule has 1 aromatic carbocycles. The van der Waals surface area contributed by atoms with E-state index in [2.05, 4.69) is 10.3 Å². The van der Waals surface area contributed by atoms with Crippen LogP contribution in [-0.2, 0) is 0 Å². The Bertz CT molecular complexity index is 670. The van der Waals surface area contributed by atoms with Gasteiger partial charge in [-0.2, -0.15) is 0 Å². The number of anilines is 3. The van der Waals surface area contributed by atoms with Gasteiger partial charge in [0.2, 0.25) is 0 Å². The van der Waals surface area contributed by atoms with Gasteiger partial charge < -0.3 is 16.8 Å². The number of hydrogen-bond acceptors (Lipinski definition) is 4. The Morgan fingerprint density at radius 1 is 1.30 bits per heavy atom. The summed E-state index contributed by atoms with van der Waals surface area (Å²) in [7, 11) is 0. The van der Waals surface area contributed by atoms with Crippen LogP contribution in [-0.4, -0.2) is 10.9 Å². The van der Waals surface area contributed by atoms with E-state index in [0.29, 0.717) is 6.07 Å². The molecule has 1 amide bonds. The molecule has 5 nitrogen and oxygen atoms in total. The Hall–Kier alpha value is -2.41. The van der Waals surface area contributed by atoms with Gasteiger partial charge in [-0.1, -0.05) is 11.6 Å². The van der Waals surface area contributed by atoms with Crippen molar-refractivity contribution < 1.29 is 13.6 Å². The van der Waals surface area contributed by atoms with Crippen molar-refractivity contribution in [2.45, 2.75) is 0 Å². The first-order valence-corrected chi connectivity index (χ1v) is 5.73. The quantitative estimate of drug-likeness (QED) is 0.811. The van der Waals surface area contributed by atoms with Crippen LogP contribution in [0.25, 0.3) is 0 Å². The van der Waals surface area contributed by atoms with E-state index in [-0.39, 0.29) is 27.8 Å². The maximum atomic E-state index is 13.6. The Balaban J connectivity index is 2.41. The lowest BCUT2D eigenvalue weighted by atomic mass is 10.2. The number of primary amides is 1. The van der Waals surface area contributed by atoms with Crippen LogP contribution in [0, 0.1) is 11.6 Å². The van der Waals surface area contributed by atoms with Gasteiger partial charge >= 0.3 is 0 Å². The van der Waals surface area contributed by atoms with Crippen molar-refractivity contribution in [3.63, 3.8) is 0 Å². The number of aromatic nitrogens is 1. The summed E-state index contributed by atoms with van der Waals surface area (Å²) >= 11 is 5.73. The monoisotopic (exact) mass is 298 g/mol. The minimum atomic E-state index is -0.894. The molecule has 0 saturated carbocycles. The molecule has 0 aliphatic heterocycles. The number of nitrogens with one attached hydrogen (secondary N) is 1. The van der Waals surface area contributed by atoms with Crippen LogP contribution in [0.4, 0.5) is 26.0 Å². The number of carbonyl (C=O) groups is 1. The molecule has 0 bridgehead atoms. The highest BCUT2D eigenvalue weighted by atomic mass is 35.5. The average Bonchev–Trinajstić information content (AvgIpc) is 2.35. The van der Waals surface area contributed by atoms with Crippen molar-refractivity contribution >= 4 is 34.7 Å². The summed E-state index contributed by atoms with van der Waals surface area (Å²) in [4.78, 5) is 15.0. The van der Waals surface area contributed by atoms with E-state index in [4.69, 9.17) is 23.1 Å². The number of nitrogens with zero attached hydrogens (tertiary/aromatic N) is 1. The Morgan fingerprint density at radius 3 is 2.60 bits per heavy atom. The smallest absolute Gasteiger partial charge is 0.250 e. The molecule has 1 heterocycles. The molecule has 0 atom stereocenters. The molecule has 0 spiro atoms. The van der Waals surface area contributed by atoms with Gasteiger partial charge in [0, 0.05) is 6.07 Å². The Kier molecular flexibility index (Phi) is 3.71.